The molecule has 0 radical (unpaired) electrons. The van der Waals surface area contributed by atoms with Gasteiger partial charge in [-0.3, -0.25) is 9.38 Å². The lowest BCUT2D eigenvalue weighted by atomic mass is 10.1. The van der Waals surface area contributed by atoms with E-state index in [0.717, 1.165) is 43.0 Å². The van der Waals surface area contributed by atoms with E-state index in [0.29, 0.717) is 0 Å². The standard InChI is InChI=1S/C25H23N5S/c1-28-11-13-29(14-12-28)20-4-2-18(3-5-20)19-7-10-30-23(17-27-24(30)16-19)21-6-9-26-22-8-15-31-25(21)22/h2-10,15-17H,11-14H2,1H3. The highest BCUT2D eigenvalue weighted by molar-refractivity contribution is 7.17. The number of imidazole rings is 1. The first-order chi connectivity index (χ1) is 15.3. The number of nitrogens with zero attached hydrogens (tertiary/aromatic N) is 5. The van der Waals surface area contributed by atoms with Crippen LogP contribution >= 0.6 is 11.3 Å². The second-order valence-electron chi connectivity index (χ2n) is 8.12. The highest BCUT2D eigenvalue weighted by Gasteiger charge is 2.15. The summed E-state index contributed by atoms with van der Waals surface area (Å²) in [6, 6.07) is 17.4. The predicted octanol–water partition coefficient (Wildman–Crippen LogP) is 5.03. The Morgan fingerprint density at radius 2 is 1.71 bits per heavy atom. The first-order valence-corrected chi connectivity index (χ1v) is 11.5. The van der Waals surface area contributed by atoms with Crippen LogP contribution in [0.25, 0.3) is 38.2 Å². The molecule has 0 spiro atoms. The van der Waals surface area contributed by atoms with Crippen molar-refractivity contribution in [1.29, 1.82) is 0 Å². The van der Waals surface area contributed by atoms with Crippen LogP contribution < -0.4 is 4.90 Å². The average molecular weight is 426 g/mol. The molecular weight excluding hydrogens is 402 g/mol. The number of hydrogen-bond acceptors (Lipinski definition) is 5. The third-order valence-corrected chi connectivity index (χ3v) is 7.14. The van der Waals surface area contributed by atoms with E-state index >= 15 is 0 Å². The number of rotatable bonds is 3. The highest BCUT2D eigenvalue weighted by Crippen LogP contribution is 2.32. The Balaban J connectivity index is 1.32. The molecule has 0 N–H and O–H groups in total. The van der Waals surface area contributed by atoms with Crippen molar-refractivity contribution in [2.24, 2.45) is 0 Å². The summed E-state index contributed by atoms with van der Waals surface area (Å²) in [5.41, 5.74) is 7.98. The Morgan fingerprint density at radius 1 is 0.871 bits per heavy atom. The minimum absolute atomic E-state index is 0.956. The van der Waals surface area contributed by atoms with Gasteiger partial charge in [0.15, 0.2) is 0 Å². The van der Waals surface area contributed by atoms with Crippen LogP contribution in [-0.2, 0) is 0 Å². The number of fused-ring (bicyclic) bond motifs is 2. The number of aromatic nitrogens is 3. The van der Waals surface area contributed by atoms with Gasteiger partial charge in [-0.1, -0.05) is 12.1 Å². The number of thiophene rings is 1. The average Bonchev–Trinajstić information content (AvgIpc) is 3.46. The molecule has 1 aliphatic rings. The largest absolute Gasteiger partial charge is 0.369 e. The van der Waals surface area contributed by atoms with Crippen LogP contribution in [0.1, 0.15) is 0 Å². The molecular formula is C25H23N5S. The number of hydrogen-bond donors (Lipinski definition) is 0. The van der Waals surface area contributed by atoms with Gasteiger partial charge in [-0.15, -0.1) is 11.3 Å². The molecule has 5 heterocycles. The molecule has 0 atom stereocenters. The molecule has 154 valence electrons. The van der Waals surface area contributed by atoms with Crippen LogP contribution in [0.15, 0.2) is 72.5 Å². The van der Waals surface area contributed by atoms with E-state index in [1.54, 1.807) is 11.3 Å². The fourth-order valence-electron chi connectivity index (χ4n) is 4.36. The predicted molar refractivity (Wildman–Crippen MR) is 129 cm³/mol. The summed E-state index contributed by atoms with van der Waals surface area (Å²) < 4.78 is 3.37. The van der Waals surface area contributed by atoms with E-state index in [9.17, 15) is 0 Å². The summed E-state index contributed by atoms with van der Waals surface area (Å²) in [6.07, 6.45) is 5.96. The zero-order valence-electron chi connectivity index (χ0n) is 17.4. The van der Waals surface area contributed by atoms with Crippen molar-refractivity contribution in [1.82, 2.24) is 19.3 Å². The molecule has 6 rings (SSSR count). The van der Waals surface area contributed by atoms with E-state index < -0.39 is 0 Å². The zero-order chi connectivity index (χ0) is 20.8. The fourth-order valence-corrected chi connectivity index (χ4v) is 5.24. The summed E-state index contributed by atoms with van der Waals surface area (Å²) in [7, 11) is 2.19. The molecule has 1 aliphatic heterocycles. The summed E-state index contributed by atoms with van der Waals surface area (Å²) in [6.45, 7) is 4.42. The van der Waals surface area contributed by atoms with Crippen LogP contribution in [0.2, 0.25) is 0 Å². The molecule has 0 saturated carbocycles. The van der Waals surface area contributed by atoms with Crippen LogP contribution in [0.5, 0.6) is 0 Å². The first-order valence-electron chi connectivity index (χ1n) is 10.6. The van der Waals surface area contributed by atoms with Crippen molar-refractivity contribution in [3.8, 4) is 22.4 Å². The third-order valence-electron chi connectivity index (χ3n) is 6.20. The number of piperazine rings is 1. The van der Waals surface area contributed by atoms with Gasteiger partial charge in [-0.25, -0.2) is 4.98 Å². The Labute approximate surface area is 185 Å². The topological polar surface area (TPSA) is 36.7 Å². The van der Waals surface area contributed by atoms with Gasteiger partial charge >= 0.3 is 0 Å². The van der Waals surface area contributed by atoms with Gasteiger partial charge in [0.05, 0.1) is 22.1 Å². The van der Waals surface area contributed by atoms with Gasteiger partial charge < -0.3 is 9.80 Å². The Kier molecular flexibility index (Phi) is 4.47. The van der Waals surface area contributed by atoms with E-state index in [1.807, 2.05) is 12.4 Å². The molecule has 4 aromatic heterocycles. The molecule has 0 amide bonds. The summed E-state index contributed by atoms with van der Waals surface area (Å²) in [4.78, 5) is 14.0. The molecule has 0 unspecified atom stereocenters. The number of anilines is 1. The van der Waals surface area contributed by atoms with Crippen LogP contribution in [0.3, 0.4) is 0 Å². The van der Waals surface area contributed by atoms with E-state index in [1.165, 1.54) is 27.1 Å². The van der Waals surface area contributed by atoms with Gasteiger partial charge in [0.25, 0.3) is 0 Å². The third kappa shape index (κ3) is 3.28. The smallest absolute Gasteiger partial charge is 0.137 e. The Morgan fingerprint density at radius 3 is 2.55 bits per heavy atom. The zero-order valence-corrected chi connectivity index (χ0v) is 18.2. The second-order valence-corrected chi connectivity index (χ2v) is 9.03. The lowest BCUT2D eigenvalue weighted by molar-refractivity contribution is 0.313. The summed E-state index contributed by atoms with van der Waals surface area (Å²) >= 11 is 1.72. The van der Waals surface area contributed by atoms with Gasteiger partial charge in [0, 0.05) is 49.8 Å². The monoisotopic (exact) mass is 425 g/mol. The van der Waals surface area contributed by atoms with Crippen molar-refractivity contribution in [2.45, 2.75) is 0 Å². The van der Waals surface area contributed by atoms with E-state index in [4.69, 9.17) is 4.98 Å². The van der Waals surface area contributed by atoms with Crippen molar-refractivity contribution in [3.05, 3.63) is 72.5 Å². The molecule has 6 heteroatoms. The summed E-state index contributed by atoms with van der Waals surface area (Å²) in [5, 5.41) is 2.09. The minimum Gasteiger partial charge on any atom is -0.369 e. The SMILES string of the molecule is CN1CCN(c2ccc(-c3ccn4c(-c5ccnc6ccsc56)cnc4c3)cc2)CC1. The molecule has 5 nitrogen and oxygen atoms in total. The Hall–Kier alpha value is -3.22. The van der Waals surface area contributed by atoms with E-state index in [2.05, 4.69) is 86.3 Å². The maximum atomic E-state index is 4.70. The lowest BCUT2D eigenvalue weighted by Crippen LogP contribution is -2.44. The quantitative estimate of drug-likeness (QED) is 0.406. The number of benzene rings is 1. The lowest BCUT2D eigenvalue weighted by Gasteiger charge is -2.34. The molecule has 31 heavy (non-hydrogen) atoms. The normalized spacial score (nSPS) is 15.2. The van der Waals surface area contributed by atoms with Crippen molar-refractivity contribution >= 4 is 32.9 Å². The van der Waals surface area contributed by atoms with Gasteiger partial charge in [0.2, 0.25) is 0 Å². The first kappa shape index (κ1) is 18.5. The summed E-state index contributed by atoms with van der Waals surface area (Å²) in [5.74, 6) is 0. The second kappa shape index (κ2) is 7.48. The molecule has 1 aromatic carbocycles. The van der Waals surface area contributed by atoms with Gasteiger partial charge in [0.1, 0.15) is 5.65 Å². The van der Waals surface area contributed by atoms with Crippen LogP contribution in [0.4, 0.5) is 5.69 Å². The van der Waals surface area contributed by atoms with Crippen molar-refractivity contribution in [2.75, 3.05) is 38.1 Å². The maximum Gasteiger partial charge on any atom is 0.137 e. The molecule has 0 aliphatic carbocycles. The van der Waals surface area contributed by atoms with Crippen molar-refractivity contribution in [3.63, 3.8) is 0 Å². The number of likely N-dealkylation sites (N-methyl/N-ethyl adjacent to an activating group) is 1. The molecule has 1 fully saturated rings. The maximum absolute atomic E-state index is 4.70. The Bertz CT molecular complexity index is 1360. The minimum atomic E-state index is 0.956. The fraction of sp³-hybridized carbons (Fsp3) is 0.200. The molecule has 0 bridgehead atoms. The van der Waals surface area contributed by atoms with E-state index in [-0.39, 0.29) is 0 Å². The van der Waals surface area contributed by atoms with Crippen molar-refractivity contribution < 1.29 is 0 Å². The van der Waals surface area contributed by atoms with Crippen LogP contribution in [-0.4, -0.2) is 52.5 Å². The van der Waals surface area contributed by atoms with Crippen LogP contribution in [0, 0.1) is 0 Å². The van der Waals surface area contributed by atoms with Gasteiger partial charge in [-0.05, 0) is 60.0 Å². The van der Waals surface area contributed by atoms with Gasteiger partial charge in [-0.2, -0.15) is 0 Å². The molecule has 1 saturated heterocycles. The highest BCUT2D eigenvalue weighted by atomic mass is 32.1. The molecule has 5 aromatic rings. The number of pyridine rings is 2.